The molecule has 0 spiro atoms. The molecule has 0 radical (unpaired) electrons. The molecule has 1 aromatic carbocycles. The number of benzene rings is 1. The molecule has 3 aromatic rings. The van der Waals surface area contributed by atoms with Gasteiger partial charge in [0.25, 0.3) is 0 Å². The molecule has 3 rings (SSSR count). The van der Waals surface area contributed by atoms with E-state index in [0.29, 0.717) is 11.4 Å². The zero-order valence-electron chi connectivity index (χ0n) is 11.3. The summed E-state index contributed by atoms with van der Waals surface area (Å²) >= 11 is 0. The fraction of sp³-hybridized carbons (Fsp3) is 0.125. The number of hydrogen-bond acceptors (Lipinski definition) is 3. The second-order valence-electron chi connectivity index (χ2n) is 4.53. The van der Waals surface area contributed by atoms with Crippen molar-refractivity contribution in [3.05, 3.63) is 53.9 Å². The van der Waals surface area contributed by atoms with Crippen LogP contribution in [0.2, 0.25) is 0 Å². The van der Waals surface area contributed by atoms with Gasteiger partial charge in [0, 0.05) is 11.8 Å². The third kappa shape index (κ3) is 1.81. The summed E-state index contributed by atoms with van der Waals surface area (Å²) in [6, 6.07) is 13.7. The van der Waals surface area contributed by atoms with Crippen molar-refractivity contribution >= 4 is 5.65 Å². The zero-order chi connectivity index (χ0) is 14.1. The highest BCUT2D eigenvalue weighted by Gasteiger charge is 2.14. The Hall–Kier alpha value is -2.80. The number of hydrogen-bond donors (Lipinski definition) is 0. The van der Waals surface area contributed by atoms with Crippen molar-refractivity contribution in [2.75, 3.05) is 7.11 Å². The topological polar surface area (TPSA) is 50.3 Å². The molecule has 0 saturated heterocycles. The molecule has 0 aliphatic rings. The predicted octanol–water partition coefficient (Wildman–Crippen LogP) is 3.19. The second kappa shape index (κ2) is 4.71. The van der Waals surface area contributed by atoms with E-state index in [1.807, 2.05) is 53.9 Å². The van der Waals surface area contributed by atoms with Gasteiger partial charge in [0.15, 0.2) is 5.69 Å². The maximum absolute atomic E-state index is 9.42. The van der Waals surface area contributed by atoms with E-state index < -0.39 is 0 Å². The molecular formula is C16H13N3O. The normalized spacial score (nSPS) is 10.4. The first-order valence-electron chi connectivity index (χ1n) is 6.27. The van der Waals surface area contributed by atoms with Crippen LogP contribution in [0.25, 0.3) is 16.9 Å². The van der Waals surface area contributed by atoms with Gasteiger partial charge in [-0.25, -0.2) is 4.98 Å². The molecule has 0 aliphatic heterocycles. The van der Waals surface area contributed by atoms with E-state index in [1.165, 1.54) is 0 Å². The minimum Gasteiger partial charge on any atom is -0.497 e. The monoisotopic (exact) mass is 263 g/mol. The summed E-state index contributed by atoms with van der Waals surface area (Å²) in [6.45, 7) is 1.99. The Bertz CT molecular complexity index is 810. The standard InChI is InChI=1S/C16H13N3O/c1-11-4-3-9-19-14(10-17)15(18-16(11)19)12-5-7-13(20-2)8-6-12/h3-9H,1-2H3. The Morgan fingerprint density at radius 1 is 1.20 bits per heavy atom. The van der Waals surface area contributed by atoms with E-state index in [1.54, 1.807) is 7.11 Å². The highest BCUT2D eigenvalue weighted by molar-refractivity contribution is 5.71. The quantitative estimate of drug-likeness (QED) is 0.713. The Kier molecular flexibility index (Phi) is 2.88. The number of aryl methyl sites for hydroxylation is 1. The van der Waals surface area contributed by atoms with E-state index in [-0.39, 0.29) is 0 Å². The van der Waals surface area contributed by atoms with Crippen LogP contribution in [-0.4, -0.2) is 16.5 Å². The van der Waals surface area contributed by atoms with Crippen LogP contribution in [0, 0.1) is 18.3 Å². The van der Waals surface area contributed by atoms with Crippen LogP contribution >= 0.6 is 0 Å². The van der Waals surface area contributed by atoms with Crippen LogP contribution in [-0.2, 0) is 0 Å². The van der Waals surface area contributed by atoms with Crippen LogP contribution in [0.4, 0.5) is 0 Å². The van der Waals surface area contributed by atoms with Gasteiger partial charge in [0.2, 0.25) is 0 Å². The van der Waals surface area contributed by atoms with Crippen LogP contribution in [0.15, 0.2) is 42.6 Å². The molecule has 0 bridgehead atoms. The molecule has 98 valence electrons. The van der Waals surface area contributed by atoms with Gasteiger partial charge in [-0.05, 0) is 42.8 Å². The number of aromatic nitrogens is 2. The number of nitriles is 1. The van der Waals surface area contributed by atoms with Crippen molar-refractivity contribution in [2.45, 2.75) is 6.92 Å². The first kappa shape index (κ1) is 12.2. The molecule has 2 aromatic heterocycles. The van der Waals surface area contributed by atoms with Crippen molar-refractivity contribution in [1.29, 1.82) is 5.26 Å². The molecule has 0 unspecified atom stereocenters. The van der Waals surface area contributed by atoms with E-state index in [9.17, 15) is 5.26 Å². The van der Waals surface area contributed by atoms with Crippen molar-refractivity contribution in [3.63, 3.8) is 0 Å². The maximum atomic E-state index is 9.42. The molecule has 20 heavy (non-hydrogen) atoms. The fourth-order valence-electron chi connectivity index (χ4n) is 2.26. The number of imidazole rings is 1. The van der Waals surface area contributed by atoms with Crippen LogP contribution in [0.3, 0.4) is 0 Å². The predicted molar refractivity (Wildman–Crippen MR) is 76.6 cm³/mol. The summed E-state index contributed by atoms with van der Waals surface area (Å²) in [5.74, 6) is 0.784. The van der Waals surface area contributed by atoms with E-state index >= 15 is 0 Å². The molecule has 0 amide bonds. The van der Waals surface area contributed by atoms with Crippen LogP contribution < -0.4 is 4.74 Å². The number of fused-ring (bicyclic) bond motifs is 1. The average Bonchev–Trinajstić information content (AvgIpc) is 2.87. The first-order valence-corrected chi connectivity index (χ1v) is 6.27. The Morgan fingerprint density at radius 2 is 1.95 bits per heavy atom. The Labute approximate surface area is 116 Å². The van der Waals surface area contributed by atoms with Gasteiger partial charge >= 0.3 is 0 Å². The van der Waals surface area contributed by atoms with Gasteiger partial charge in [-0.15, -0.1) is 0 Å². The van der Waals surface area contributed by atoms with Gasteiger partial charge in [0.05, 0.1) is 7.11 Å². The molecule has 4 heteroatoms. The van der Waals surface area contributed by atoms with Gasteiger partial charge in [-0.1, -0.05) is 6.07 Å². The van der Waals surface area contributed by atoms with Crippen LogP contribution in [0.5, 0.6) is 5.75 Å². The largest absolute Gasteiger partial charge is 0.497 e. The van der Waals surface area contributed by atoms with Crippen molar-refractivity contribution in [1.82, 2.24) is 9.38 Å². The van der Waals surface area contributed by atoms with Crippen LogP contribution in [0.1, 0.15) is 11.3 Å². The van der Waals surface area contributed by atoms with Crippen molar-refractivity contribution in [3.8, 4) is 23.1 Å². The molecular weight excluding hydrogens is 250 g/mol. The Balaban J connectivity index is 2.25. The lowest BCUT2D eigenvalue weighted by molar-refractivity contribution is 0.415. The fourth-order valence-corrected chi connectivity index (χ4v) is 2.26. The molecule has 0 N–H and O–H groups in total. The molecule has 0 fully saturated rings. The lowest BCUT2D eigenvalue weighted by Crippen LogP contribution is -1.90. The number of nitrogens with zero attached hydrogens (tertiary/aromatic N) is 3. The smallest absolute Gasteiger partial charge is 0.152 e. The van der Waals surface area contributed by atoms with E-state index in [2.05, 4.69) is 11.1 Å². The number of rotatable bonds is 2. The summed E-state index contributed by atoms with van der Waals surface area (Å²) < 4.78 is 6.98. The molecule has 0 saturated carbocycles. The lowest BCUT2D eigenvalue weighted by Gasteiger charge is -2.01. The summed E-state index contributed by atoms with van der Waals surface area (Å²) in [7, 11) is 1.63. The Morgan fingerprint density at radius 3 is 2.60 bits per heavy atom. The van der Waals surface area contributed by atoms with E-state index in [0.717, 1.165) is 22.5 Å². The maximum Gasteiger partial charge on any atom is 0.152 e. The SMILES string of the molecule is COc1ccc(-c2nc3c(C)cccn3c2C#N)cc1. The third-order valence-electron chi connectivity index (χ3n) is 3.31. The van der Waals surface area contributed by atoms with Crippen molar-refractivity contribution in [2.24, 2.45) is 0 Å². The molecule has 4 nitrogen and oxygen atoms in total. The lowest BCUT2D eigenvalue weighted by atomic mass is 10.1. The molecule has 0 atom stereocenters. The third-order valence-corrected chi connectivity index (χ3v) is 3.31. The van der Waals surface area contributed by atoms with E-state index in [4.69, 9.17) is 4.74 Å². The van der Waals surface area contributed by atoms with Gasteiger partial charge in [0.1, 0.15) is 23.2 Å². The van der Waals surface area contributed by atoms with Gasteiger partial charge in [-0.3, -0.25) is 4.40 Å². The number of pyridine rings is 1. The highest BCUT2D eigenvalue weighted by atomic mass is 16.5. The molecule has 0 aliphatic carbocycles. The number of ether oxygens (including phenoxy) is 1. The minimum absolute atomic E-state index is 0.550. The molecule has 2 heterocycles. The first-order chi connectivity index (χ1) is 9.74. The summed E-state index contributed by atoms with van der Waals surface area (Å²) in [6.07, 6.45) is 1.86. The van der Waals surface area contributed by atoms with Gasteiger partial charge < -0.3 is 4.74 Å². The van der Waals surface area contributed by atoms with Gasteiger partial charge in [-0.2, -0.15) is 5.26 Å². The summed E-state index contributed by atoms with van der Waals surface area (Å²) in [5.41, 5.74) is 4.02. The zero-order valence-corrected chi connectivity index (χ0v) is 11.3. The minimum atomic E-state index is 0.550. The number of methoxy groups -OCH3 is 1. The average molecular weight is 263 g/mol. The van der Waals surface area contributed by atoms with Crippen molar-refractivity contribution < 1.29 is 4.74 Å². The second-order valence-corrected chi connectivity index (χ2v) is 4.53. The summed E-state index contributed by atoms with van der Waals surface area (Å²) in [4.78, 5) is 4.61. The highest BCUT2D eigenvalue weighted by Crippen LogP contribution is 2.26. The summed E-state index contributed by atoms with van der Waals surface area (Å²) in [5, 5.41) is 9.42.